The number of benzene rings is 2. The van der Waals surface area contributed by atoms with Crippen LogP contribution in [0.15, 0.2) is 54.6 Å². The molecule has 2 atom stereocenters. The van der Waals surface area contributed by atoms with E-state index in [9.17, 15) is 0 Å². The van der Waals surface area contributed by atoms with E-state index in [4.69, 9.17) is 16.2 Å². The zero-order valence-electron chi connectivity index (χ0n) is 15.3. The highest BCUT2D eigenvalue weighted by Crippen LogP contribution is 2.47. The summed E-state index contributed by atoms with van der Waals surface area (Å²) in [6.45, 7) is 3.70. The first-order valence-corrected chi connectivity index (χ1v) is 9.51. The third kappa shape index (κ3) is 3.03. The molecule has 4 N–H and O–H groups in total. The third-order valence-corrected chi connectivity index (χ3v) is 5.87. The van der Waals surface area contributed by atoms with Crippen LogP contribution in [-0.4, -0.2) is 41.7 Å². The third-order valence-electron chi connectivity index (χ3n) is 5.87. The number of aromatic nitrogens is 1. The molecule has 1 saturated heterocycles. The van der Waals surface area contributed by atoms with Crippen LogP contribution in [0.4, 0.5) is 5.82 Å². The van der Waals surface area contributed by atoms with Crippen molar-refractivity contribution in [3.8, 4) is 17.0 Å². The van der Waals surface area contributed by atoms with E-state index in [2.05, 4.69) is 28.1 Å². The fourth-order valence-corrected chi connectivity index (χ4v) is 4.31. The molecule has 2 heterocycles. The predicted molar refractivity (Wildman–Crippen MR) is 109 cm³/mol. The van der Waals surface area contributed by atoms with Crippen LogP contribution in [0.5, 0.6) is 5.75 Å². The minimum atomic E-state index is 0.0961. The summed E-state index contributed by atoms with van der Waals surface area (Å²) in [5.74, 6) is 2.13. The molecule has 2 unspecified atom stereocenters. The van der Waals surface area contributed by atoms with Gasteiger partial charge in [-0.15, -0.1) is 0 Å². The Balaban J connectivity index is 1.37. The molecule has 5 heteroatoms. The number of pyridine rings is 1. The van der Waals surface area contributed by atoms with Gasteiger partial charge in [-0.05, 0) is 42.0 Å². The number of nitrogens with two attached hydrogens (primary N) is 2. The molecule has 1 aromatic heterocycles. The van der Waals surface area contributed by atoms with E-state index in [1.165, 1.54) is 6.42 Å². The molecular weight excluding hydrogens is 336 g/mol. The highest BCUT2D eigenvalue weighted by Gasteiger charge is 2.56. The fourth-order valence-electron chi connectivity index (χ4n) is 4.31. The van der Waals surface area contributed by atoms with Crippen molar-refractivity contribution in [2.75, 3.05) is 32.0 Å². The quantitative estimate of drug-likeness (QED) is 0.732. The van der Waals surface area contributed by atoms with Crippen molar-refractivity contribution in [2.45, 2.75) is 12.0 Å². The van der Waals surface area contributed by atoms with Gasteiger partial charge in [-0.3, -0.25) is 4.90 Å². The Bertz CT molecular complexity index is 1000. The summed E-state index contributed by atoms with van der Waals surface area (Å²) in [4.78, 5) is 6.89. The number of likely N-dealkylation sites (tertiary alicyclic amines) is 1. The van der Waals surface area contributed by atoms with Crippen molar-refractivity contribution in [2.24, 2.45) is 11.7 Å². The van der Waals surface area contributed by atoms with Crippen LogP contribution in [0.3, 0.4) is 0 Å². The van der Waals surface area contributed by atoms with Crippen molar-refractivity contribution < 1.29 is 4.74 Å². The van der Waals surface area contributed by atoms with E-state index in [0.717, 1.165) is 47.4 Å². The summed E-state index contributed by atoms with van der Waals surface area (Å²) < 4.78 is 6.15. The van der Waals surface area contributed by atoms with Crippen LogP contribution >= 0.6 is 0 Å². The van der Waals surface area contributed by atoms with Crippen LogP contribution in [0, 0.1) is 5.92 Å². The number of hydrogen-bond donors (Lipinski definition) is 2. The van der Waals surface area contributed by atoms with E-state index in [0.29, 0.717) is 18.3 Å². The minimum absolute atomic E-state index is 0.0961. The average molecular weight is 360 g/mol. The van der Waals surface area contributed by atoms with Crippen LogP contribution < -0.4 is 16.2 Å². The zero-order valence-corrected chi connectivity index (χ0v) is 15.3. The summed E-state index contributed by atoms with van der Waals surface area (Å²) in [6.07, 6.45) is 1.19. The molecule has 0 amide bonds. The first kappa shape index (κ1) is 16.5. The minimum Gasteiger partial charge on any atom is -0.492 e. The average Bonchev–Trinajstić information content (AvgIpc) is 3.19. The lowest BCUT2D eigenvalue weighted by atomic mass is 10.0. The van der Waals surface area contributed by atoms with Gasteiger partial charge in [-0.1, -0.05) is 30.3 Å². The lowest BCUT2D eigenvalue weighted by molar-refractivity contribution is 0.223. The van der Waals surface area contributed by atoms with Gasteiger partial charge in [0.15, 0.2) is 0 Å². The molecule has 2 aromatic carbocycles. The Morgan fingerprint density at radius 2 is 1.93 bits per heavy atom. The van der Waals surface area contributed by atoms with Crippen molar-refractivity contribution in [3.63, 3.8) is 0 Å². The molecule has 2 aliphatic rings. The standard InChI is InChI=1S/C22H24N4O/c23-21-7-3-6-19(25-21)17-8-9-20(18-5-2-1-4-16(17)18)27-11-10-26-13-15-12-22(15,24)14-26/h1-9,15H,10-14,24H2,(H2,23,25). The maximum absolute atomic E-state index is 6.28. The van der Waals surface area contributed by atoms with Gasteiger partial charge in [0, 0.05) is 36.1 Å². The number of rotatable bonds is 5. The van der Waals surface area contributed by atoms with Crippen molar-refractivity contribution in [3.05, 3.63) is 54.6 Å². The molecule has 138 valence electrons. The Kier molecular flexibility index (Phi) is 3.81. The van der Waals surface area contributed by atoms with Gasteiger partial charge >= 0.3 is 0 Å². The Labute approximate surface area is 158 Å². The van der Waals surface area contributed by atoms with Gasteiger partial charge in [0.25, 0.3) is 0 Å². The summed E-state index contributed by atoms with van der Waals surface area (Å²) in [5.41, 5.74) is 14.2. The van der Waals surface area contributed by atoms with Crippen molar-refractivity contribution in [1.82, 2.24) is 9.88 Å². The summed E-state index contributed by atoms with van der Waals surface area (Å²) >= 11 is 0. The maximum atomic E-state index is 6.28. The van der Waals surface area contributed by atoms with Gasteiger partial charge in [0.1, 0.15) is 18.2 Å². The monoisotopic (exact) mass is 360 g/mol. The molecule has 5 nitrogen and oxygen atoms in total. The SMILES string of the molecule is Nc1cccc(-c2ccc(OCCN3CC4CC4(N)C3)c3ccccc23)n1. The van der Waals surface area contributed by atoms with E-state index < -0.39 is 0 Å². The number of hydrogen-bond acceptors (Lipinski definition) is 5. The maximum Gasteiger partial charge on any atom is 0.127 e. The second-order valence-electron chi connectivity index (χ2n) is 7.82. The van der Waals surface area contributed by atoms with Crippen LogP contribution in [0.25, 0.3) is 22.0 Å². The summed E-state index contributed by atoms with van der Waals surface area (Å²) in [7, 11) is 0. The largest absolute Gasteiger partial charge is 0.492 e. The number of ether oxygens (including phenoxy) is 1. The highest BCUT2D eigenvalue weighted by atomic mass is 16.5. The molecule has 0 radical (unpaired) electrons. The molecule has 27 heavy (non-hydrogen) atoms. The second kappa shape index (κ2) is 6.22. The van der Waals surface area contributed by atoms with Gasteiger partial charge in [0.2, 0.25) is 0 Å². The first-order chi connectivity index (χ1) is 13.1. The normalized spacial score (nSPS) is 24.1. The van der Waals surface area contributed by atoms with Gasteiger partial charge in [-0.2, -0.15) is 0 Å². The number of fused-ring (bicyclic) bond motifs is 2. The van der Waals surface area contributed by atoms with Gasteiger partial charge < -0.3 is 16.2 Å². The zero-order chi connectivity index (χ0) is 18.4. The smallest absolute Gasteiger partial charge is 0.127 e. The Morgan fingerprint density at radius 1 is 1.07 bits per heavy atom. The van der Waals surface area contributed by atoms with Gasteiger partial charge in [0.05, 0.1) is 5.69 Å². The number of nitrogens with zero attached hydrogens (tertiary/aromatic N) is 2. The number of piperidine rings is 1. The molecule has 0 bridgehead atoms. The van der Waals surface area contributed by atoms with E-state index >= 15 is 0 Å². The Morgan fingerprint density at radius 3 is 2.70 bits per heavy atom. The topological polar surface area (TPSA) is 77.4 Å². The predicted octanol–water partition coefficient (Wildman–Crippen LogP) is 2.90. The summed E-state index contributed by atoms with van der Waals surface area (Å²) in [6, 6.07) is 18.1. The lowest BCUT2D eigenvalue weighted by Gasteiger charge is -2.19. The van der Waals surface area contributed by atoms with E-state index in [1.54, 1.807) is 6.07 Å². The van der Waals surface area contributed by atoms with Gasteiger partial charge in [-0.25, -0.2) is 4.98 Å². The molecule has 3 aromatic rings. The summed E-state index contributed by atoms with van der Waals surface area (Å²) in [5, 5.41) is 2.22. The van der Waals surface area contributed by atoms with Crippen molar-refractivity contribution in [1.29, 1.82) is 0 Å². The van der Waals surface area contributed by atoms with E-state index in [1.807, 2.05) is 30.3 Å². The highest BCUT2D eigenvalue weighted by molar-refractivity contribution is 5.99. The molecule has 2 fully saturated rings. The number of anilines is 1. The van der Waals surface area contributed by atoms with E-state index in [-0.39, 0.29) is 5.54 Å². The number of nitrogen functional groups attached to an aromatic ring is 1. The van der Waals surface area contributed by atoms with Crippen LogP contribution in [-0.2, 0) is 0 Å². The van der Waals surface area contributed by atoms with Crippen molar-refractivity contribution >= 4 is 16.6 Å². The molecule has 1 saturated carbocycles. The first-order valence-electron chi connectivity index (χ1n) is 9.51. The molecule has 1 aliphatic carbocycles. The molecule has 0 spiro atoms. The second-order valence-corrected chi connectivity index (χ2v) is 7.82. The molecule has 5 rings (SSSR count). The van der Waals surface area contributed by atoms with Crippen LogP contribution in [0.1, 0.15) is 6.42 Å². The Hall–Kier alpha value is -2.63. The molecular formula is C22H24N4O. The molecule has 1 aliphatic heterocycles. The fraction of sp³-hybridized carbons (Fsp3) is 0.318. The van der Waals surface area contributed by atoms with Crippen LogP contribution in [0.2, 0.25) is 0 Å². The lowest BCUT2D eigenvalue weighted by Crippen LogP contribution is -2.35.